The Morgan fingerprint density at radius 2 is 1.04 bits per heavy atom. The van der Waals surface area contributed by atoms with Crippen LogP contribution in [0, 0.1) is 11.8 Å². The third-order valence-electron chi connectivity index (χ3n) is 7.37. The molecule has 0 spiro atoms. The molecule has 0 aromatic rings. The van der Waals surface area contributed by atoms with Crippen molar-refractivity contribution in [1.29, 1.82) is 0 Å². The molecule has 2 atom stereocenters. The number of hydrogen-bond acceptors (Lipinski definition) is 0. The van der Waals surface area contributed by atoms with E-state index in [1.807, 2.05) is 6.56 Å². The topological polar surface area (TPSA) is 0 Å². The summed E-state index contributed by atoms with van der Waals surface area (Å²) in [5.41, 5.74) is 10.1. The minimum absolute atomic E-state index is 0. The van der Waals surface area contributed by atoms with Gasteiger partial charge in [-0.15, -0.1) is 0 Å². The summed E-state index contributed by atoms with van der Waals surface area (Å²) in [6.45, 7) is 19.5. The van der Waals surface area contributed by atoms with Gasteiger partial charge in [0.15, 0.2) is 0 Å². The van der Waals surface area contributed by atoms with Gasteiger partial charge in [0, 0.05) is 0 Å². The summed E-state index contributed by atoms with van der Waals surface area (Å²) in [5, 5.41) is 3.40. The molecular formula is C21H33Cl2GeZr. The van der Waals surface area contributed by atoms with E-state index < -0.39 is 29.8 Å². The maximum atomic E-state index is 2.52. The van der Waals surface area contributed by atoms with Crippen molar-refractivity contribution < 1.29 is 44.1 Å². The summed E-state index contributed by atoms with van der Waals surface area (Å²) in [5.74, 6) is 1.54. The van der Waals surface area contributed by atoms with Gasteiger partial charge in [0.2, 0.25) is 0 Å². The van der Waals surface area contributed by atoms with Gasteiger partial charge in [0.05, 0.1) is 0 Å². The van der Waals surface area contributed by atoms with Crippen molar-refractivity contribution in [3.8, 4) is 0 Å². The third kappa shape index (κ3) is 3.79. The van der Waals surface area contributed by atoms with Crippen molar-refractivity contribution in [2.75, 3.05) is 0 Å². The molecule has 0 radical (unpaired) electrons. The van der Waals surface area contributed by atoms with Crippen LogP contribution in [0.1, 0.15) is 61.8 Å². The SMILES string of the molecule is CC1=C(C)C(C)[C]([Zr+2]([C]2=C(C)C(C)=C(C)C2C)[GeH]2[CH2]C[CH2]2)=C1C.[Cl-].[Cl-]. The van der Waals surface area contributed by atoms with Gasteiger partial charge >= 0.3 is 154 Å². The molecular weight excluding hydrogens is 487 g/mol. The predicted molar refractivity (Wildman–Crippen MR) is 102 cm³/mol. The molecule has 25 heavy (non-hydrogen) atoms. The van der Waals surface area contributed by atoms with E-state index in [4.69, 9.17) is 0 Å². The van der Waals surface area contributed by atoms with Crippen molar-refractivity contribution >= 4 is 10.6 Å². The zero-order valence-electron chi connectivity index (χ0n) is 17.1. The molecule has 3 rings (SSSR count). The minimum atomic E-state index is -1.59. The zero-order chi connectivity index (χ0) is 17.0. The molecule has 2 unspecified atom stereocenters. The van der Waals surface area contributed by atoms with E-state index in [1.54, 1.807) is 50.4 Å². The van der Waals surface area contributed by atoms with E-state index in [0.29, 0.717) is 0 Å². The van der Waals surface area contributed by atoms with E-state index in [2.05, 4.69) is 55.4 Å². The van der Waals surface area contributed by atoms with E-state index in [0.717, 1.165) is 11.8 Å². The number of allylic oxidation sites excluding steroid dienone is 8. The summed E-state index contributed by atoms with van der Waals surface area (Å²) in [6, 6.07) is 0. The molecule has 1 saturated heterocycles. The van der Waals surface area contributed by atoms with Gasteiger partial charge in [0.25, 0.3) is 0 Å². The standard InChI is InChI=1S/2C9H13.C3H7Ge.2ClH.Zr/c2*1-6-5-7(2)9(4)8(6)3;1-2-4-3-1;;;/h2*6H,1-4H3;4H,1-3H2;2*1H;/q;;;;;+2/p-2. The first-order chi connectivity index (χ1) is 10.8. The second kappa shape index (κ2) is 8.98. The number of halogens is 2. The number of rotatable bonds is 3. The first-order valence-electron chi connectivity index (χ1n) is 9.41. The Morgan fingerprint density at radius 1 is 0.680 bits per heavy atom. The van der Waals surface area contributed by atoms with Crippen molar-refractivity contribution in [1.82, 2.24) is 0 Å². The van der Waals surface area contributed by atoms with Gasteiger partial charge in [-0.2, -0.15) is 0 Å². The smallest absolute Gasteiger partial charge is 1.00 e. The molecule has 0 aromatic heterocycles. The quantitative estimate of drug-likeness (QED) is 0.469. The van der Waals surface area contributed by atoms with Crippen molar-refractivity contribution in [2.24, 2.45) is 11.8 Å². The van der Waals surface area contributed by atoms with Gasteiger partial charge in [-0.05, 0) is 0 Å². The van der Waals surface area contributed by atoms with E-state index >= 15 is 0 Å². The Hall–Kier alpha value is 0.966. The maximum absolute atomic E-state index is 2.52. The molecule has 139 valence electrons. The summed E-state index contributed by atoms with van der Waals surface area (Å²) >= 11 is -1.59. The van der Waals surface area contributed by atoms with Crippen LogP contribution >= 0.6 is 0 Å². The molecule has 2 aliphatic carbocycles. The van der Waals surface area contributed by atoms with Crippen LogP contribution in [-0.2, 0) is 19.2 Å². The second-order valence-corrected chi connectivity index (χ2v) is 35.8. The Morgan fingerprint density at radius 3 is 1.24 bits per heavy atom. The molecule has 0 amide bonds. The molecule has 1 fully saturated rings. The van der Waals surface area contributed by atoms with Gasteiger partial charge in [-0.3, -0.25) is 0 Å². The van der Waals surface area contributed by atoms with Crippen LogP contribution in [0.15, 0.2) is 40.0 Å². The van der Waals surface area contributed by atoms with Crippen LogP contribution in [0.5, 0.6) is 0 Å². The molecule has 1 heterocycles. The average Bonchev–Trinajstić information content (AvgIpc) is 2.77. The average molecular weight is 520 g/mol. The first kappa shape index (κ1) is 24.0. The zero-order valence-corrected chi connectivity index (χ0v) is 23.5. The largest absolute Gasteiger partial charge is 1.00 e. The van der Waals surface area contributed by atoms with Crippen LogP contribution in [0.25, 0.3) is 0 Å². The van der Waals surface area contributed by atoms with Crippen molar-refractivity contribution in [3.05, 3.63) is 40.0 Å². The van der Waals surface area contributed by atoms with Crippen molar-refractivity contribution in [3.63, 3.8) is 0 Å². The fourth-order valence-corrected chi connectivity index (χ4v) is 52.0. The minimum Gasteiger partial charge on any atom is -1.00 e. The van der Waals surface area contributed by atoms with Crippen LogP contribution in [0.3, 0.4) is 0 Å². The molecule has 3 aliphatic rings. The fraction of sp³-hybridized carbons (Fsp3) is 0.619. The molecule has 0 aromatic carbocycles. The summed E-state index contributed by atoms with van der Waals surface area (Å²) in [7, 11) is -0.995. The van der Waals surface area contributed by atoms with Crippen LogP contribution < -0.4 is 24.8 Å². The van der Waals surface area contributed by atoms with E-state index in [-0.39, 0.29) is 24.8 Å². The van der Waals surface area contributed by atoms with Gasteiger partial charge in [-0.25, -0.2) is 0 Å². The van der Waals surface area contributed by atoms with Crippen LogP contribution in [-0.4, -0.2) is 10.6 Å². The summed E-state index contributed by atoms with van der Waals surface area (Å²) in [6.07, 6.45) is 1.56. The van der Waals surface area contributed by atoms with Crippen LogP contribution in [0.2, 0.25) is 10.5 Å². The molecule has 0 bridgehead atoms. The number of hydrogen-bond donors (Lipinski definition) is 0. The Bertz CT molecular complexity index is 628. The predicted octanol–water partition coefficient (Wildman–Crippen LogP) is 0.260. The van der Waals surface area contributed by atoms with E-state index in [1.165, 1.54) is 0 Å². The van der Waals surface area contributed by atoms with Gasteiger partial charge < -0.3 is 24.8 Å². The van der Waals surface area contributed by atoms with E-state index in [9.17, 15) is 0 Å². The Kier molecular flexibility index (Phi) is 8.62. The molecule has 0 nitrogen and oxygen atoms in total. The summed E-state index contributed by atoms with van der Waals surface area (Å²) < 4.78 is 4.08. The monoisotopic (exact) mass is 519 g/mol. The molecule has 0 saturated carbocycles. The fourth-order valence-electron chi connectivity index (χ4n) is 4.88. The van der Waals surface area contributed by atoms with Crippen molar-refractivity contribution in [2.45, 2.75) is 72.3 Å². The van der Waals surface area contributed by atoms with Gasteiger partial charge in [0.1, 0.15) is 0 Å². The third-order valence-corrected chi connectivity index (χ3v) is 46.1. The maximum Gasteiger partial charge on any atom is -1.00 e. The first-order valence-corrected chi connectivity index (χ1v) is 23.9. The summed E-state index contributed by atoms with van der Waals surface area (Å²) in [4.78, 5) is 0. The Labute approximate surface area is 177 Å². The normalized spacial score (nSPS) is 26.9. The Balaban J connectivity index is 0.00000156. The molecule has 4 heteroatoms. The van der Waals surface area contributed by atoms with Gasteiger partial charge in [-0.1, -0.05) is 0 Å². The van der Waals surface area contributed by atoms with Crippen LogP contribution in [0.4, 0.5) is 0 Å². The molecule has 0 N–H and O–H groups in total. The second-order valence-electron chi connectivity index (χ2n) is 8.18. The molecule has 1 aliphatic heterocycles.